The van der Waals surface area contributed by atoms with Gasteiger partial charge in [-0.05, 0) is 30.3 Å². The van der Waals surface area contributed by atoms with Crippen LogP contribution in [0.2, 0.25) is 0 Å². The van der Waals surface area contributed by atoms with Crippen LogP contribution in [0.3, 0.4) is 0 Å². The van der Waals surface area contributed by atoms with E-state index in [4.69, 9.17) is 0 Å². The summed E-state index contributed by atoms with van der Waals surface area (Å²) in [5, 5.41) is -0.0804. The predicted molar refractivity (Wildman–Crippen MR) is 93.0 cm³/mol. The first-order valence-corrected chi connectivity index (χ1v) is 9.13. The van der Waals surface area contributed by atoms with E-state index in [1.54, 1.807) is 17.0 Å². The number of hydrogen-bond donors (Lipinski definition) is 0. The molecule has 1 aromatic heterocycles. The SMILES string of the molecule is O=C(CSc1nccc(C(F)(F)F)n1)N1CCN(c2ccc(F)cc2)CC1. The number of carbonyl (C=O) groups excluding carboxylic acids is 1. The van der Waals surface area contributed by atoms with Crippen LogP contribution in [0.1, 0.15) is 5.69 Å². The molecule has 0 bridgehead atoms. The van der Waals surface area contributed by atoms with Gasteiger partial charge >= 0.3 is 6.18 Å². The smallest absolute Gasteiger partial charge is 0.368 e. The minimum Gasteiger partial charge on any atom is -0.368 e. The average Bonchev–Trinajstić information content (AvgIpc) is 2.66. The molecule has 0 unspecified atom stereocenters. The molecule has 10 heteroatoms. The lowest BCUT2D eigenvalue weighted by molar-refractivity contribution is -0.141. The van der Waals surface area contributed by atoms with Crippen LogP contribution in [-0.2, 0) is 11.0 Å². The lowest BCUT2D eigenvalue weighted by atomic mass is 10.2. The van der Waals surface area contributed by atoms with Crippen molar-refractivity contribution < 1.29 is 22.4 Å². The number of aromatic nitrogens is 2. The summed E-state index contributed by atoms with van der Waals surface area (Å²) in [4.78, 5) is 23.2. The highest BCUT2D eigenvalue weighted by atomic mass is 32.2. The van der Waals surface area contributed by atoms with E-state index in [9.17, 15) is 22.4 Å². The Morgan fingerprint density at radius 1 is 1.07 bits per heavy atom. The zero-order valence-corrected chi connectivity index (χ0v) is 14.9. The maximum Gasteiger partial charge on any atom is 0.433 e. The van der Waals surface area contributed by atoms with Crippen molar-refractivity contribution in [2.45, 2.75) is 11.3 Å². The van der Waals surface area contributed by atoms with Gasteiger partial charge in [0.15, 0.2) is 5.16 Å². The lowest BCUT2D eigenvalue weighted by Crippen LogP contribution is -2.49. The molecule has 5 nitrogen and oxygen atoms in total. The second-order valence-electron chi connectivity index (χ2n) is 5.86. The molecule has 1 fully saturated rings. The van der Waals surface area contributed by atoms with Gasteiger partial charge in [0.1, 0.15) is 11.5 Å². The fourth-order valence-corrected chi connectivity index (χ4v) is 3.39. The van der Waals surface area contributed by atoms with Crippen molar-refractivity contribution in [3.8, 4) is 0 Å². The molecule has 27 heavy (non-hydrogen) atoms. The van der Waals surface area contributed by atoms with Gasteiger partial charge < -0.3 is 9.80 Å². The minimum atomic E-state index is -4.54. The summed E-state index contributed by atoms with van der Waals surface area (Å²) < 4.78 is 51.0. The van der Waals surface area contributed by atoms with Gasteiger partial charge in [-0.2, -0.15) is 13.2 Å². The molecule has 1 amide bonds. The first-order valence-electron chi connectivity index (χ1n) is 8.14. The Hall–Kier alpha value is -2.36. The Labute approximate surface area is 157 Å². The van der Waals surface area contributed by atoms with Crippen LogP contribution in [0.5, 0.6) is 0 Å². The molecule has 0 saturated carbocycles. The van der Waals surface area contributed by atoms with Crippen LogP contribution < -0.4 is 4.90 Å². The van der Waals surface area contributed by atoms with Crippen molar-refractivity contribution in [2.75, 3.05) is 36.8 Å². The van der Waals surface area contributed by atoms with Gasteiger partial charge in [0.05, 0.1) is 5.75 Å². The summed E-state index contributed by atoms with van der Waals surface area (Å²) in [6, 6.07) is 6.94. The van der Waals surface area contributed by atoms with Crippen molar-refractivity contribution in [3.05, 3.63) is 48.0 Å². The molecule has 0 atom stereocenters. The normalized spacial score (nSPS) is 15.1. The summed E-state index contributed by atoms with van der Waals surface area (Å²) in [6.45, 7) is 2.17. The number of carbonyl (C=O) groups is 1. The number of thioether (sulfide) groups is 1. The van der Waals surface area contributed by atoms with Crippen LogP contribution in [0.4, 0.5) is 23.2 Å². The Balaban J connectivity index is 1.51. The van der Waals surface area contributed by atoms with Crippen LogP contribution in [0.25, 0.3) is 0 Å². The third-order valence-electron chi connectivity index (χ3n) is 4.07. The summed E-state index contributed by atoms with van der Waals surface area (Å²) in [6.07, 6.45) is -3.51. The van der Waals surface area contributed by atoms with Crippen LogP contribution in [0.15, 0.2) is 41.7 Å². The minimum absolute atomic E-state index is 0.0299. The molecule has 0 aliphatic carbocycles. The zero-order chi connectivity index (χ0) is 19.4. The number of alkyl halides is 3. The van der Waals surface area contributed by atoms with Crippen LogP contribution in [-0.4, -0.2) is 52.7 Å². The molecular formula is C17H16F4N4OS. The maximum atomic E-state index is 13.0. The molecule has 2 aromatic rings. The Morgan fingerprint density at radius 2 is 1.74 bits per heavy atom. The number of rotatable bonds is 4. The Morgan fingerprint density at radius 3 is 2.37 bits per heavy atom. The lowest BCUT2D eigenvalue weighted by Gasteiger charge is -2.36. The zero-order valence-electron chi connectivity index (χ0n) is 14.1. The standard InChI is InChI=1S/C17H16F4N4OS/c18-12-1-3-13(4-2-12)24-7-9-25(10-8-24)15(26)11-27-16-22-6-5-14(23-16)17(19,20)21/h1-6H,7-11H2. The number of hydrogen-bond acceptors (Lipinski definition) is 5. The van der Waals surface area contributed by atoms with E-state index in [1.807, 2.05) is 4.90 Å². The van der Waals surface area contributed by atoms with Gasteiger partial charge in [-0.15, -0.1) is 0 Å². The first-order chi connectivity index (χ1) is 12.8. The summed E-state index contributed by atoms with van der Waals surface area (Å²) in [7, 11) is 0. The number of amides is 1. The van der Waals surface area contributed by atoms with Gasteiger partial charge in [-0.25, -0.2) is 14.4 Å². The number of benzene rings is 1. The van der Waals surface area contributed by atoms with Gasteiger partial charge in [0.2, 0.25) is 5.91 Å². The van der Waals surface area contributed by atoms with Crippen molar-refractivity contribution in [2.24, 2.45) is 0 Å². The van der Waals surface area contributed by atoms with E-state index in [1.165, 1.54) is 12.1 Å². The van der Waals surface area contributed by atoms with E-state index in [0.717, 1.165) is 29.7 Å². The molecule has 2 heterocycles. The van der Waals surface area contributed by atoms with E-state index in [2.05, 4.69) is 9.97 Å². The number of piperazine rings is 1. The molecule has 1 aliphatic rings. The largest absolute Gasteiger partial charge is 0.433 e. The molecule has 144 valence electrons. The molecule has 1 saturated heterocycles. The molecule has 1 aliphatic heterocycles. The van der Waals surface area contributed by atoms with Crippen molar-refractivity contribution in [3.63, 3.8) is 0 Å². The number of halogens is 4. The average molecular weight is 400 g/mol. The second kappa shape index (κ2) is 8.12. The summed E-state index contributed by atoms with van der Waals surface area (Å²) >= 11 is 0.883. The highest BCUT2D eigenvalue weighted by Crippen LogP contribution is 2.28. The fourth-order valence-electron chi connectivity index (χ4n) is 2.65. The highest BCUT2D eigenvalue weighted by molar-refractivity contribution is 7.99. The summed E-state index contributed by atoms with van der Waals surface area (Å²) in [5.74, 6) is -0.515. The van der Waals surface area contributed by atoms with Gasteiger partial charge in [0.25, 0.3) is 0 Å². The van der Waals surface area contributed by atoms with E-state index < -0.39 is 11.9 Å². The van der Waals surface area contributed by atoms with Crippen molar-refractivity contribution in [1.29, 1.82) is 0 Å². The fraction of sp³-hybridized carbons (Fsp3) is 0.353. The number of anilines is 1. The third-order valence-corrected chi connectivity index (χ3v) is 4.92. The van der Waals surface area contributed by atoms with Crippen molar-refractivity contribution >= 4 is 23.4 Å². The topological polar surface area (TPSA) is 49.3 Å². The van der Waals surface area contributed by atoms with E-state index in [0.29, 0.717) is 26.2 Å². The van der Waals surface area contributed by atoms with E-state index >= 15 is 0 Å². The highest BCUT2D eigenvalue weighted by Gasteiger charge is 2.33. The quantitative estimate of drug-likeness (QED) is 0.449. The van der Waals surface area contributed by atoms with Crippen molar-refractivity contribution in [1.82, 2.24) is 14.9 Å². The Bertz CT molecular complexity index is 792. The molecule has 0 radical (unpaired) electrons. The molecule has 1 aromatic carbocycles. The Kier molecular flexibility index (Phi) is 5.83. The van der Waals surface area contributed by atoms with Crippen LogP contribution >= 0.6 is 11.8 Å². The molecule has 3 rings (SSSR count). The second-order valence-corrected chi connectivity index (χ2v) is 6.80. The first kappa shape index (κ1) is 19.4. The summed E-state index contributed by atoms with van der Waals surface area (Å²) in [5.41, 5.74) is -0.143. The van der Waals surface area contributed by atoms with Gasteiger partial charge in [0, 0.05) is 38.1 Å². The van der Waals surface area contributed by atoms with Crippen LogP contribution in [0, 0.1) is 5.82 Å². The third kappa shape index (κ3) is 5.09. The monoisotopic (exact) mass is 400 g/mol. The predicted octanol–water partition coefficient (Wildman–Crippen LogP) is 3.08. The molecule has 0 spiro atoms. The van der Waals surface area contributed by atoms with Gasteiger partial charge in [-0.3, -0.25) is 4.79 Å². The molecular weight excluding hydrogens is 384 g/mol. The maximum absolute atomic E-state index is 13.0. The number of nitrogens with zero attached hydrogens (tertiary/aromatic N) is 4. The molecule has 0 N–H and O–H groups in total. The van der Waals surface area contributed by atoms with E-state index in [-0.39, 0.29) is 22.6 Å². The van der Waals surface area contributed by atoms with Gasteiger partial charge in [-0.1, -0.05) is 11.8 Å².